The van der Waals surface area contributed by atoms with Gasteiger partial charge in [0.2, 0.25) is 0 Å². The minimum atomic E-state index is 0.392. The maximum atomic E-state index is 5.45. The molecule has 2 aliphatic rings. The predicted octanol–water partition coefficient (Wildman–Crippen LogP) is 3.85. The van der Waals surface area contributed by atoms with Crippen molar-refractivity contribution in [2.45, 2.75) is 32.1 Å². The summed E-state index contributed by atoms with van der Waals surface area (Å²) < 4.78 is 0. The van der Waals surface area contributed by atoms with Crippen LogP contribution >= 0.6 is 0 Å². The molecular formula is C16H19N3O. The van der Waals surface area contributed by atoms with Gasteiger partial charge in [0.05, 0.1) is 17.1 Å². The molecule has 2 N–H and O–H groups in total. The molecule has 2 heterocycles. The summed E-state index contributed by atoms with van der Waals surface area (Å²) >= 11 is 0. The fraction of sp³-hybridized carbons (Fsp3) is 0.438. The zero-order valence-corrected chi connectivity index (χ0v) is 11.5. The number of hydrogen-bond donors (Lipinski definition) is 2. The molecule has 0 spiro atoms. The predicted molar refractivity (Wildman–Crippen MR) is 81.0 cm³/mol. The van der Waals surface area contributed by atoms with Crippen molar-refractivity contribution in [3.63, 3.8) is 0 Å². The van der Waals surface area contributed by atoms with Gasteiger partial charge in [-0.2, -0.15) is 0 Å². The molecule has 1 aliphatic heterocycles. The standard InChI is InChI=1S/C16H19N3O/c1-2-6-11(7-3-1)14-16-15(19-20-10-17-14)12-8-4-5-9-13(12)18-16/h4-5,8-9,11,18-19H,1-3,6-7,10H2. The van der Waals surface area contributed by atoms with Crippen LogP contribution in [-0.4, -0.2) is 17.4 Å². The van der Waals surface area contributed by atoms with Crippen LogP contribution in [0.25, 0.3) is 10.9 Å². The van der Waals surface area contributed by atoms with E-state index in [1.807, 2.05) is 0 Å². The first-order chi connectivity index (χ1) is 9.93. The van der Waals surface area contributed by atoms with E-state index in [1.165, 1.54) is 43.2 Å². The van der Waals surface area contributed by atoms with Crippen LogP contribution in [0, 0.1) is 5.92 Å². The quantitative estimate of drug-likeness (QED) is 0.826. The van der Waals surface area contributed by atoms with Crippen LogP contribution in [0.5, 0.6) is 0 Å². The molecule has 0 bridgehead atoms. The summed E-state index contributed by atoms with van der Waals surface area (Å²) in [6, 6.07) is 8.33. The van der Waals surface area contributed by atoms with Gasteiger partial charge in [-0.1, -0.05) is 37.5 Å². The number of fused-ring (bicyclic) bond motifs is 3. The highest BCUT2D eigenvalue weighted by Crippen LogP contribution is 2.34. The van der Waals surface area contributed by atoms with Gasteiger partial charge in [0.25, 0.3) is 0 Å². The van der Waals surface area contributed by atoms with Gasteiger partial charge < -0.3 is 4.98 Å². The van der Waals surface area contributed by atoms with Gasteiger partial charge >= 0.3 is 0 Å². The van der Waals surface area contributed by atoms with Gasteiger partial charge in [-0.25, -0.2) is 0 Å². The Bertz CT molecular complexity index is 653. The van der Waals surface area contributed by atoms with E-state index >= 15 is 0 Å². The summed E-state index contributed by atoms with van der Waals surface area (Å²) in [7, 11) is 0. The lowest BCUT2D eigenvalue weighted by molar-refractivity contribution is 0.205. The minimum absolute atomic E-state index is 0.392. The molecule has 0 saturated heterocycles. The monoisotopic (exact) mass is 269 g/mol. The second kappa shape index (κ2) is 4.94. The van der Waals surface area contributed by atoms with Crippen LogP contribution in [0.3, 0.4) is 0 Å². The van der Waals surface area contributed by atoms with Crippen molar-refractivity contribution < 1.29 is 4.84 Å². The van der Waals surface area contributed by atoms with Crippen molar-refractivity contribution in [3.8, 4) is 0 Å². The molecule has 20 heavy (non-hydrogen) atoms. The van der Waals surface area contributed by atoms with Gasteiger partial charge in [-0.05, 0) is 18.9 Å². The summed E-state index contributed by atoms with van der Waals surface area (Å²) in [6.45, 7) is 0.392. The number of benzene rings is 1. The van der Waals surface area contributed by atoms with Gasteiger partial charge in [0.15, 0.2) is 6.73 Å². The van der Waals surface area contributed by atoms with Gasteiger partial charge in [-0.15, -0.1) is 0 Å². The van der Waals surface area contributed by atoms with E-state index in [1.54, 1.807) is 0 Å². The fourth-order valence-electron chi connectivity index (χ4n) is 3.43. The Kier molecular flexibility index (Phi) is 2.96. The SMILES string of the molecule is c1ccc2c3c([nH]c2c1)C(C1CCCCC1)=NCON3. The van der Waals surface area contributed by atoms with Crippen molar-refractivity contribution in [1.29, 1.82) is 0 Å². The largest absolute Gasteiger partial charge is 0.352 e. The average molecular weight is 269 g/mol. The van der Waals surface area contributed by atoms with E-state index in [0.717, 1.165) is 16.9 Å². The summed E-state index contributed by atoms with van der Waals surface area (Å²) in [4.78, 5) is 13.7. The average Bonchev–Trinajstić information content (AvgIpc) is 2.74. The molecule has 1 aliphatic carbocycles. The summed E-state index contributed by atoms with van der Waals surface area (Å²) in [6.07, 6.45) is 6.47. The zero-order valence-electron chi connectivity index (χ0n) is 11.5. The molecule has 1 aromatic carbocycles. The van der Waals surface area contributed by atoms with E-state index in [0.29, 0.717) is 12.6 Å². The summed E-state index contributed by atoms with van der Waals surface area (Å²) in [5, 5.41) is 1.17. The van der Waals surface area contributed by atoms with Crippen LogP contribution in [0.4, 0.5) is 5.69 Å². The lowest BCUT2D eigenvalue weighted by Gasteiger charge is -2.22. The maximum Gasteiger partial charge on any atom is 0.165 e. The molecule has 0 atom stereocenters. The topological polar surface area (TPSA) is 49.4 Å². The number of nitrogens with one attached hydrogen (secondary N) is 2. The number of hydrogen-bond acceptors (Lipinski definition) is 3. The Morgan fingerprint density at radius 3 is 2.85 bits per heavy atom. The third kappa shape index (κ3) is 1.91. The third-order valence-corrected chi connectivity index (χ3v) is 4.43. The van der Waals surface area contributed by atoms with E-state index in [4.69, 9.17) is 4.84 Å². The van der Waals surface area contributed by atoms with E-state index in [2.05, 4.69) is 39.7 Å². The number of rotatable bonds is 1. The summed E-state index contributed by atoms with van der Waals surface area (Å²) in [5.74, 6) is 0.569. The Labute approximate surface area is 118 Å². The first kappa shape index (κ1) is 12.0. The second-order valence-electron chi connectivity index (χ2n) is 5.67. The normalized spacial score (nSPS) is 20.1. The van der Waals surface area contributed by atoms with Crippen molar-refractivity contribution in [2.75, 3.05) is 12.2 Å². The van der Waals surface area contributed by atoms with E-state index < -0.39 is 0 Å². The second-order valence-corrected chi connectivity index (χ2v) is 5.67. The smallest absolute Gasteiger partial charge is 0.165 e. The molecule has 4 nitrogen and oxygen atoms in total. The number of aliphatic imine (C=N–C) groups is 1. The Balaban J connectivity index is 1.83. The highest BCUT2D eigenvalue weighted by Gasteiger charge is 2.26. The first-order valence-electron chi connectivity index (χ1n) is 7.47. The van der Waals surface area contributed by atoms with Crippen LogP contribution in [0.1, 0.15) is 37.8 Å². The molecule has 2 aromatic rings. The maximum absolute atomic E-state index is 5.45. The van der Waals surface area contributed by atoms with Crippen molar-refractivity contribution in [1.82, 2.24) is 4.98 Å². The molecule has 104 valence electrons. The third-order valence-electron chi connectivity index (χ3n) is 4.43. The number of nitrogens with zero attached hydrogens (tertiary/aromatic N) is 1. The van der Waals surface area contributed by atoms with Crippen LogP contribution in [0.15, 0.2) is 29.3 Å². The molecule has 0 unspecified atom stereocenters. The van der Waals surface area contributed by atoms with E-state index in [9.17, 15) is 0 Å². The molecule has 4 heteroatoms. The highest BCUT2D eigenvalue weighted by atomic mass is 16.7. The Morgan fingerprint density at radius 1 is 1.10 bits per heavy atom. The van der Waals surface area contributed by atoms with Gasteiger partial charge in [0, 0.05) is 16.8 Å². The minimum Gasteiger partial charge on any atom is -0.352 e. The van der Waals surface area contributed by atoms with Crippen molar-refractivity contribution >= 4 is 22.3 Å². The van der Waals surface area contributed by atoms with Crippen LogP contribution < -0.4 is 5.48 Å². The number of para-hydroxylation sites is 1. The molecule has 1 fully saturated rings. The molecule has 1 aromatic heterocycles. The van der Waals surface area contributed by atoms with E-state index in [-0.39, 0.29) is 0 Å². The molecule has 0 radical (unpaired) electrons. The van der Waals surface area contributed by atoms with Crippen LogP contribution in [0.2, 0.25) is 0 Å². The summed E-state index contributed by atoms with van der Waals surface area (Å²) in [5.41, 5.74) is 7.57. The van der Waals surface area contributed by atoms with Gasteiger partial charge in [0.1, 0.15) is 0 Å². The molecule has 0 amide bonds. The number of aromatic amines is 1. The Hall–Kier alpha value is -1.81. The number of H-pyrrole nitrogens is 1. The van der Waals surface area contributed by atoms with Gasteiger partial charge in [-0.3, -0.25) is 15.3 Å². The van der Waals surface area contributed by atoms with Crippen molar-refractivity contribution in [3.05, 3.63) is 30.0 Å². The highest BCUT2D eigenvalue weighted by molar-refractivity contribution is 6.12. The number of aromatic nitrogens is 1. The zero-order chi connectivity index (χ0) is 13.4. The fourth-order valence-corrected chi connectivity index (χ4v) is 3.43. The molecule has 1 saturated carbocycles. The van der Waals surface area contributed by atoms with Crippen LogP contribution in [-0.2, 0) is 4.84 Å². The van der Waals surface area contributed by atoms with Crippen molar-refractivity contribution in [2.24, 2.45) is 10.9 Å². The molecular weight excluding hydrogens is 250 g/mol. The first-order valence-corrected chi connectivity index (χ1v) is 7.47. The number of anilines is 1. The Morgan fingerprint density at radius 2 is 1.95 bits per heavy atom. The lowest BCUT2D eigenvalue weighted by Crippen LogP contribution is -2.19. The molecule has 4 rings (SSSR count). The lowest BCUT2D eigenvalue weighted by atomic mass is 9.84.